The van der Waals surface area contributed by atoms with E-state index >= 15 is 0 Å². The van der Waals surface area contributed by atoms with Crippen LogP contribution in [-0.2, 0) is 41.6 Å². The van der Waals surface area contributed by atoms with Crippen LogP contribution in [0.3, 0.4) is 0 Å². The van der Waals surface area contributed by atoms with Gasteiger partial charge in [0.05, 0.1) is 6.04 Å². The summed E-state index contributed by atoms with van der Waals surface area (Å²) in [7, 11) is 0. The molecule has 17 nitrogen and oxygen atoms in total. The summed E-state index contributed by atoms with van der Waals surface area (Å²) >= 11 is 0. The fourth-order valence-electron chi connectivity index (χ4n) is 5.87. The van der Waals surface area contributed by atoms with Crippen LogP contribution in [-0.4, -0.2) is 94.0 Å². The van der Waals surface area contributed by atoms with Crippen molar-refractivity contribution in [2.24, 2.45) is 22.9 Å². The van der Waals surface area contributed by atoms with Crippen molar-refractivity contribution in [1.29, 1.82) is 0 Å². The number of carbonyl (C=O) groups excluding carboxylic acids is 5. The normalized spacial score (nSPS) is 13.9. The number of aromatic nitrogens is 1. The van der Waals surface area contributed by atoms with Crippen molar-refractivity contribution in [3.8, 4) is 5.75 Å². The summed E-state index contributed by atoms with van der Waals surface area (Å²) in [4.78, 5) is 81.1. The number of aliphatic carboxylic acids is 1. The number of carboxylic acid groups (broad SMARTS) is 1. The van der Waals surface area contributed by atoms with Gasteiger partial charge in [-0.25, -0.2) is 4.79 Å². The van der Waals surface area contributed by atoms with Crippen LogP contribution in [0.1, 0.15) is 62.5 Å². The molecule has 0 saturated heterocycles. The van der Waals surface area contributed by atoms with Crippen LogP contribution in [0, 0.1) is 0 Å². The number of unbranched alkanes of at least 4 members (excludes halogenated alkanes) is 2. The number of benzene rings is 2. The molecular weight excluding hydrogens is 698 g/mol. The zero-order chi connectivity index (χ0) is 39.6. The Bertz CT molecular complexity index is 1710. The molecular formula is C37H53N9O8. The van der Waals surface area contributed by atoms with E-state index in [2.05, 4.69) is 26.3 Å². The number of primary amides is 1. The minimum absolute atomic E-state index is 0.0220. The van der Waals surface area contributed by atoms with E-state index in [9.17, 15) is 39.0 Å². The lowest BCUT2D eigenvalue weighted by Gasteiger charge is -2.26. The minimum atomic E-state index is -1.42. The summed E-state index contributed by atoms with van der Waals surface area (Å²) < 4.78 is 0. The van der Waals surface area contributed by atoms with Gasteiger partial charge < -0.3 is 59.4 Å². The Hall–Kier alpha value is -5.52. The van der Waals surface area contributed by atoms with Crippen LogP contribution in [0.15, 0.2) is 54.7 Å². The number of phenols is 1. The lowest BCUT2D eigenvalue weighted by atomic mass is 10.0. The molecule has 0 aliphatic heterocycles. The van der Waals surface area contributed by atoms with Crippen molar-refractivity contribution in [3.05, 3.63) is 65.9 Å². The number of phenolic OH excluding ortho intramolecular Hbond substituents is 1. The number of hydrogen-bond donors (Lipinski definition) is 11. The molecule has 0 aliphatic rings. The Labute approximate surface area is 313 Å². The van der Waals surface area contributed by atoms with Gasteiger partial charge in [0.1, 0.15) is 29.9 Å². The number of carbonyl (C=O) groups is 6. The van der Waals surface area contributed by atoms with Crippen molar-refractivity contribution < 1.29 is 39.0 Å². The number of carboxylic acids is 1. The van der Waals surface area contributed by atoms with Gasteiger partial charge in [-0.3, -0.25) is 24.0 Å². The number of hydrogen-bond acceptors (Lipinski definition) is 10. The fourth-order valence-corrected chi connectivity index (χ4v) is 5.87. The van der Waals surface area contributed by atoms with Crippen LogP contribution in [0.4, 0.5) is 0 Å². The zero-order valence-electron chi connectivity index (χ0n) is 30.2. The van der Waals surface area contributed by atoms with Gasteiger partial charge in [0.15, 0.2) is 0 Å². The predicted octanol–water partition coefficient (Wildman–Crippen LogP) is -0.467. The highest BCUT2D eigenvalue weighted by Gasteiger charge is 2.32. The number of rotatable bonds is 24. The smallest absolute Gasteiger partial charge is 0.326 e. The molecule has 0 fully saturated rings. The lowest BCUT2D eigenvalue weighted by Crippen LogP contribution is -2.58. The number of fused-ring (bicyclic) bond motifs is 1. The Morgan fingerprint density at radius 1 is 0.667 bits per heavy atom. The van der Waals surface area contributed by atoms with E-state index in [1.165, 1.54) is 24.3 Å². The Morgan fingerprint density at radius 3 is 1.72 bits per heavy atom. The fraction of sp³-hybridized carbons (Fsp3) is 0.459. The Kier molecular flexibility index (Phi) is 17.4. The molecule has 294 valence electrons. The molecule has 1 heterocycles. The molecule has 0 saturated carbocycles. The van der Waals surface area contributed by atoms with Crippen molar-refractivity contribution in [2.45, 2.75) is 94.4 Å². The van der Waals surface area contributed by atoms with E-state index in [0.29, 0.717) is 44.3 Å². The summed E-state index contributed by atoms with van der Waals surface area (Å²) in [6.07, 6.45) is 3.57. The molecule has 0 spiro atoms. The summed E-state index contributed by atoms with van der Waals surface area (Å²) in [5.74, 6) is -5.03. The van der Waals surface area contributed by atoms with E-state index in [0.717, 1.165) is 16.5 Å². The molecule has 5 amide bonds. The van der Waals surface area contributed by atoms with Crippen LogP contribution < -0.4 is 44.2 Å². The molecule has 5 atom stereocenters. The summed E-state index contributed by atoms with van der Waals surface area (Å²) in [6.45, 7) is 0.675. The molecule has 54 heavy (non-hydrogen) atoms. The van der Waals surface area contributed by atoms with Crippen LogP contribution in [0.2, 0.25) is 0 Å². The molecule has 0 aliphatic carbocycles. The van der Waals surface area contributed by atoms with Gasteiger partial charge in [0.2, 0.25) is 29.5 Å². The van der Waals surface area contributed by atoms with Gasteiger partial charge in [0, 0.05) is 29.9 Å². The second-order valence-electron chi connectivity index (χ2n) is 13.2. The topological polar surface area (TPSA) is 311 Å². The van der Waals surface area contributed by atoms with E-state index in [-0.39, 0.29) is 44.3 Å². The standard InChI is InChI=1S/C37H53N9O8/c38-17-5-3-9-28(43-33(49)26(40)20-23-21-42-27-8-2-1-7-25(23)27)34(50)44-29(10-4-6-18-39)35(51)45-30(15-16-32(41)48)36(52)46-31(37(53)54)19-22-11-13-24(47)14-12-22/h1-2,7-8,11-14,21,26,28-31,42,47H,3-6,9-10,15-20,38-40H2,(H2,41,48)(H,43,49)(H,44,50)(H,45,51)(H,46,52)(H,53,54)/t26-,28-,29-,30-,31-/m0/s1. The van der Waals surface area contributed by atoms with E-state index in [1.807, 2.05) is 24.3 Å². The number of nitrogens with one attached hydrogen (secondary N) is 5. The first-order valence-electron chi connectivity index (χ1n) is 18.0. The van der Waals surface area contributed by atoms with Crippen LogP contribution in [0.25, 0.3) is 10.9 Å². The third kappa shape index (κ3) is 13.8. The second kappa shape index (κ2) is 21.9. The number of para-hydroxylation sites is 1. The Morgan fingerprint density at radius 2 is 1.19 bits per heavy atom. The first-order chi connectivity index (χ1) is 25.8. The molecule has 3 rings (SSSR count). The maximum absolute atomic E-state index is 13.8. The summed E-state index contributed by atoms with van der Waals surface area (Å²) in [6, 6.07) is 7.24. The highest BCUT2D eigenvalue weighted by atomic mass is 16.4. The maximum Gasteiger partial charge on any atom is 0.326 e. The monoisotopic (exact) mass is 751 g/mol. The van der Waals surface area contributed by atoms with E-state index in [1.54, 1.807) is 6.20 Å². The molecule has 1 aromatic heterocycles. The molecule has 0 bridgehead atoms. The highest BCUT2D eigenvalue weighted by Crippen LogP contribution is 2.19. The van der Waals surface area contributed by atoms with E-state index < -0.39 is 65.7 Å². The summed E-state index contributed by atoms with van der Waals surface area (Å²) in [5.41, 5.74) is 25.2. The summed E-state index contributed by atoms with van der Waals surface area (Å²) in [5, 5.41) is 30.7. The van der Waals surface area contributed by atoms with Gasteiger partial charge >= 0.3 is 5.97 Å². The van der Waals surface area contributed by atoms with Crippen molar-refractivity contribution in [2.75, 3.05) is 13.1 Å². The molecule has 3 aromatic rings. The van der Waals surface area contributed by atoms with Crippen LogP contribution >= 0.6 is 0 Å². The number of aromatic amines is 1. The third-order valence-corrected chi connectivity index (χ3v) is 8.91. The zero-order valence-corrected chi connectivity index (χ0v) is 30.2. The SMILES string of the molecule is NCCCC[C@H](NC(=O)[C@H](CCCCN)NC(=O)[C@@H](N)Cc1c[nH]c2ccccc12)C(=O)N[C@@H](CCC(N)=O)C(=O)N[C@@H](Cc1ccc(O)cc1)C(=O)O. The molecule has 0 radical (unpaired) electrons. The Balaban J connectivity index is 1.76. The van der Waals surface area contributed by atoms with E-state index in [4.69, 9.17) is 22.9 Å². The largest absolute Gasteiger partial charge is 0.508 e. The van der Waals surface area contributed by atoms with Crippen molar-refractivity contribution in [1.82, 2.24) is 26.3 Å². The molecule has 17 heteroatoms. The lowest BCUT2D eigenvalue weighted by molar-refractivity contribution is -0.142. The van der Waals surface area contributed by atoms with Gasteiger partial charge in [-0.2, -0.15) is 0 Å². The van der Waals surface area contributed by atoms with Gasteiger partial charge in [0.25, 0.3) is 0 Å². The highest BCUT2D eigenvalue weighted by molar-refractivity contribution is 5.96. The average Bonchev–Trinajstić information content (AvgIpc) is 3.55. The van der Waals surface area contributed by atoms with Gasteiger partial charge in [-0.15, -0.1) is 0 Å². The maximum atomic E-state index is 13.8. The van der Waals surface area contributed by atoms with Crippen molar-refractivity contribution >= 4 is 46.4 Å². The molecule has 0 unspecified atom stereocenters. The van der Waals surface area contributed by atoms with Gasteiger partial charge in [-0.05, 0) is 93.8 Å². The number of amides is 5. The average molecular weight is 752 g/mol. The minimum Gasteiger partial charge on any atom is -0.508 e. The quantitative estimate of drug-likeness (QED) is 0.0520. The number of H-pyrrole nitrogens is 1. The van der Waals surface area contributed by atoms with Gasteiger partial charge in [-0.1, -0.05) is 30.3 Å². The first kappa shape index (κ1) is 42.9. The van der Waals surface area contributed by atoms with Crippen LogP contribution in [0.5, 0.6) is 5.75 Å². The number of nitrogens with two attached hydrogens (primary N) is 4. The first-order valence-corrected chi connectivity index (χ1v) is 18.0. The second-order valence-corrected chi connectivity index (χ2v) is 13.2. The number of aromatic hydroxyl groups is 1. The van der Waals surface area contributed by atoms with Crippen molar-refractivity contribution in [3.63, 3.8) is 0 Å². The molecule has 15 N–H and O–H groups in total. The molecule has 2 aromatic carbocycles. The third-order valence-electron chi connectivity index (χ3n) is 8.91. The predicted molar refractivity (Wildman–Crippen MR) is 201 cm³/mol.